The van der Waals surface area contributed by atoms with E-state index in [4.69, 9.17) is 0 Å². The van der Waals surface area contributed by atoms with Crippen molar-refractivity contribution in [1.29, 1.82) is 0 Å². The Hall–Kier alpha value is -1.78. The first-order valence-corrected chi connectivity index (χ1v) is 4.52. The highest BCUT2D eigenvalue weighted by Gasteiger charge is 2.34. The summed E-state index contributed by atoms with van der Waals surface area (Å²) in [5.41, 5.74) is 3.30. The van der Waals surface area contributed by atoms with E-state index in [2.05, 4.69) is 15.4 Å². The zero-order valence-electron chi connectivity index (χ0n) is 7.84. The van der Waals surface area contributed by atoms with Crippen molar-refractivity contribution in [3.8, 4) is 0 Å². The van der Waals surface area contributed by atoms with Crippen LogP contribution >= 0.6 is 0 Å². The monoisotopic (exact) mass is 191 g/mol. The fraction of sp³-hybridized carbons (Fsp3) is 0.333. The number of fused-ring (bicyclic) bond motifs is 1. The molecule has 0 radical (unpaired) electrons. The van der Waals surface area contributed by atoms with E-state index in [-0.39, 0.29) is 6.04 Å². The Morgan fingerprint density at radius 2 is 2.50 bits per heavy atom. The zero-order chi connectivity index (χ0) is 9.97. The van der Waals surface area contributed by atoms with Crippen molar-refractivity contribution in [3.63, 3.8) is 0 Å². The fourth-order valence-corrected chi connectivity index (χ4v) is 1.36. The normalized spacial score (nSPS) is 27.2. The topological polar surface area (TPSA) is 56.8 Å². The first kappa shape index (κ1) is 8.80. The number of nitroso groups, excluding NO2 is 1. The van der Waals surface area contributed by atoms with Gasteiger partial charge in [0, 0.05) is 6.54 Å². The second-order valence-corrected chi connectivity index (χ2v) is 2.96. The molecule has 1 N–H and O–H groups in total. The van der Waals surface area contributed by atoms with Gasteiger partial charge in [-0.1, -0.05) is 17.6 Å². The third-order valence-corrected chi connectivity index (χ3v) is 1.98. The van der Waals surface area contributed by atoms with Crippen molar-refractivity contribution in [2.75, 3.05) is 6.54 Å². The second-order valence-electron chi connectivity index (χ2n) is 2.96. The SMILES string of the molecule is CCN=C1N=C2C=CC=CC2[N+](=O)N1. The molecular formula is C9H11N4O+. The Kier molecular flexibility index (Phi) is 2.22. The van der Waals surface area contributed by atoms with Gasteiger partial charge in [-0.3, -0.25) is 0 Å². The highest BCUT2D eigenvalue weighted by molar-refractivity contribution is 6.08. The van der Waals surface area contributed by atoms with Crippen molar-refractivity contribution in [3.05, 3.63) is 29.2 Å². The number of hydrogen-bond donors (Lipinski definition) is 1. The largest absolute Gasteiger partial charge is 0.295 e. The average molecular weight is 191 g/mol. The lowest BCUT2D eigenvalue weighted by atomic mass is 10.1. The fourth-order valence-electron chi connectivity index (χ4n) is 1.36. The number of rotatable bonds is 1. The Morgan fingerprint density at radius 1 is 1.64 bits per heavy atom. The molecule has 0 spiro atoms. The molecule has 5 nitrogen and oxygen atoms in total. The van der Waals surface area contributed by atoms with Gasteiger partial charge in [0.15, 0.2) is 0 Å². The summed E-state index contributed by atoms with van der Waals surface area (Å²) in [4.78, 5) is 20.5. The summed E-state index contributed by atoms with van der Waals surface area (Å²) in [6, 6.07) is -0.323. The minimum Gasteiger partial charge on any atom is -0.247 e. The summed E-state index contributed by atoms with van der Waals surface area (Å²) in [5, 5.41) is 0. The van der Waals surface area contributed by atoms with Gasteiger partial charge < -0.3 is 0 Å². The molecule has 2 rings (SSSR count). The van der Waals surface area contributed by atoms with Crippen LogP contribution in [0.5, 0.6) is 0 Å². The molecule has 1 unspecified atom stereocenters. The predicted octanol–water partition coefficient (Wildman–Crippen LogP) is 0.595. The van der Waals surface area contributed by atoms with E-state index in [1.807, 2.05) is 25.2 Å². The molecule has 0 fully saturated rings. The molecule has 5 heteroatoms. The van der Waals surface area contributed by atoms with E-state index >= 15 is 0 Å². The lowest BCUT2D eigenvalue weighted by molar-refractivity contribution is -0.601. The average Bonchev–Trinajstić information content (AvgIpc) is 2.18. The van der Waals surface area contributed by atoms with Crippen LogP contribution < -0.4 is 5.43 Å². The molecule has 1 atom stereocenters. The van der Waals surface area contributed by atoms with Gasteiger partial charge in [0.05, 0.1) is 4.91 Å². The van der Waals surface area contributed by atoms with Gasteiger partial charge in [-0.2, -0.15) is 0 Å². The van der Waals surface area contributed by atoms with Crippen LogP contribution in [0, 0.1) is 4.91 Å². The maximum absolute atomic E-state index is 11.5. The van der Waals surface area contributed by atoms with Gasteiger partial charge in [0.2, 0.25) is 0 Å². The summed E-state index contributed by atoms with van der Waals surface area (Å²) >= 11 is 0. The van der Waals surface area contributed by atoms with Gasteiger partial charge in [0.25, 0.3) is 12.0 Å². The van der Waals surface area contributed by atoms with Crippen molar-refractivity contribution < 1.29 is 4.87 Å². The van der Waals surface area contributed by atoms with Crippen molar-refractivity contribution in [2.45, 2.75) is 13.0 Å². The Labute approximate surface area is 81.5 Å². The second kappa shape index (κ2) is 3.53. The van der Waals surface area contributed by atoms with Crippen LogP contribution in [-0.4, -0.2) is 29.1 Å². The number of nitrogens with zero attached hydrogens (tertiary/aromatic N) is 3. The summed E-state index contributed by atoms with van der Waals surface area (Å²) in [6.07, 6.45) is 7.30. The van der Waals surface area contributed by atoms with Gasteiger partial charge in [-0.25, -0.2) is 9.98 Å². The van der Waals surface area contributed by atoms with Crippen molar-refractivity contribution >= 4 is 11.7 Å². The first-order chi connectivity index (χ1) is 6.81. The summed E-state index contributed by atoms with van der Waals surface area (Å²) in [5.74, 6) is 0.383. The highest BCUT2D eigenvalue weighted by Crippen LogP contribution is 2.08. The van der Waals surface area contributed by atoms with Crippen molar-refractivity contribution in [1.82, 2.24) is 5.43 Å². The van der Waals surface area contributed by atoms with Crippen LogP contribution in [0.4, 0.5) is 0 Å². The highest BCUT2D eigenvalue weighted by atomic mass is 16.3. The molecule has 0 saturated carbocycles. The molecule has 1 aliphatic heterocycles. The molecule has 0 bridgehead atoms. The Balaban J connectivity index is 2.35. The van der Waals surface area contributed by atoms with Gasteiger partial charge >= 0.3 is 0 Å². The smallest absolute Gasteiger partial charge is 0.247 e. The van der Waals surface area contributed by atoms with Crippen molar-refractivity contribution in [2.24, 2.45) is 9.98 Å². The molecule has 2 aliphatic rings. The number of nitrogens with one attached hydrogen (secondary N) is 1. The molecule has 72 valence electrons. The molecule has 1 heterocycles. The molecule has 0 saturated heterocycles. The summed E-state index contributed by atoms with van der Waals surface area (Å²) < 4.78 is 0. The van der Waals surface area contributed by atoms with E-state index < -0.39 is 0 Å². The third-order valence-electron chi connectivity index (χ3n) is 1.98. The number of allylic oxidation sites excluding steroid dienone is 2. The molecular weight excluding hydrogens is 180 g/mol. The zero-order valence-corrected chi connectivity index (χ0v) is 7.84. The molecule has 0 aromatic rings. The van der Waals surface area contributed by atoms with Gasteiger partial charge in [-0.15, -0.1) is 0 Å². The Bertz CT molecular complexity index is 378. The lowest BCUT2D eigenvalue weighted by Gasteiger charge is -2.13. The van der Waals surface area contributed by atoms with Crippen LogP contribution in [0.25, 0.3) is 0 Å². The maximum Gasteiger partial charge on any atom is 0.295 e. The minimum atomic E-state index is -0.323. The molecule has 1 aliphatic carbocycles. The van der Waals surface area contributed by atoms with Gasteiger partial charge in [-0.05, 0) is 19.1 Å². The number of hydrazine groups is 1. The first-order valence-electron chi connectivity index (χ1n) is 4.52. The molecule has 0 aromatic carbocycles. The van der Waals surface area contributed by atoms with E-state index in [0.717, 1.165) is 10.6 Å². The van der Waals surface area contributed by atoms with E-state index in [9.17, 15) is 4.91 Å². The van der Waals surface area contributed by atoms with Gasteiger partial charge in [0.1, 0.15) is 10.6 Å². The van der Waals surface area contributed by atoms with Crippen LogP contribution in [0.1, 0.15) is 6.92 Å². The molecule has 0 amide bonds. The maximum atomic E-state index is 11.5. The van der Waals surface area contributed by atoms with Crippen LogP contribution in [0.2, 0.25) is 0 Å². The third kappa shape index (κ3) is 1.48. The summed E-state index contributed by atoms with van der Waals surface area (Å²) in [7, 11) is 0. The van der Waals surface area contributed by atoms with E-state index in [1.54, 1.807) is 6.08 Å². The standard InChI is InChI=1S/C9H11N4O/c1-2-10-9-11-7-5-3-4-6-8(7)13(14)12-9/h3-6,8H,2H2,1H3,(H,10,12,14)/q+1. The Morgan fingerprint density at radius 3 is 3.29 bits per heavy atom. The number of hydrogen-bond acceptors (Lipinski definition) is 2. The van der Waals surface area contributed by atoms with Crippen LogP contribution in [0.3, 0.4) is 0 Å². The number of aliphatic imine (C=N–C) groups is 2. The van der Waals surface area contributed by atoms with E-state index in [1.165, 1.54) is 0 Å². The van der Waals surface area contributed by atoms with Crippen LogP contribution in [0.15, 0.2) is 34.3 Å². The lowest BCUT2D eigenvalue weighted by Crippen LogP contribution is -2.47. The summed E-state index contributed by atoms with van der Waals surface area (Å²) in [6.45, 7) is 2.50. The van der Waals surface area contributed by atoms with Crippen LogP contribution in [-0.2, 0) is 0 Å². The molecule has 14 heavy (non-hydrogen) atoms. The quantitative estimate of drug-likeness (QED) is 0.617. The van der Waals surface area contributed by atoms with E-state index in [0.29, 0.717) is 12.5 Å². The molecule has 0 aromatic heterocycles. The number of guanidine groups is 1. The predicted molar refractivity (Wildman–Crippen MR) is 54.2 cm³/mol. The minimum absolute atomic E-state index is 0.323.